The summed E-state index contributed by atoms with van der Waals surface area (Å²) in [5.41, 5.74) is 0.542. The molecule has 0 spiro atoms. The molecule has 2 aromatic rings. The Morgan fingerprint density at radius 1 is 1.45 bits per heavy atom. The van der Waals surface area contributed by atoms with Gasteiger partial charge in [0.1, 0.15) is 0 Å². The van der Waals surface area contributed by atoms with Gasteiger partial charge in [-0.3, -0.25) is 10.1 Å². The molecule has 20 heavy (non-hydrogen) atoms. The normalized spacial score (nSPS) is 19.1. The summed E-state index contributed by atoms with van der Waals surface area (Å²) in [6, 6.07) is 4.84. The molecule has 2 heterocycles. The standard InChI is InChI=1S/C12H13N3O5/c16-15(17)9-2-1-3-10-11(9)14-12(20-10)13-6-8-7-18-4-5-19-8/h1-3,8H,4-7H2,(H,13,14). The molecule has 1 aromatic heterocycles. The molecule has 1 aromatic carbocycles. The molecule has 1 unspecified atom stereocenters. The third-order valence-electron chi connectivity index (χ3n) is 2.96. The van der Waals surface area contributed by atoms with Crippen LogP contribution in [-0.4, -0.2) is 42.4 Å². The highest BCUT2D eigenvalue weighted by atomic mass is 16.6. The van der Waals surface area contributed by atoms with Crippen molar-refractivity contribution in [3.63, 3.8) is 0 Å². The first kappa shape index (κ1) is 12.8. The van der Waals surface area contributed by atoms with Gasteiger partial charge in [0.2, 0.25) is 0 Å². The SMILES string of the molecule is O=[N+]([O-])c1cccc2oc(NCC3COCCO3)nc12. The first-order valence-electron chi connectivity index (χ1n) is 6.21. The zero-order valence-corrected chi connectivity index (χ0v) is 10.6. The second kappa shape index (κ2) is 5.43. The van der Waals surface area contributed by atoms with Gasteiger partial charge in [-0.2, -0.15) is 4.98 Å². The number of ether oxygens (including phenoxy) is 2. The largest absolute Gasteiger partial charge is 0.423 e. The van der Waals surface area contributed by atoms with Crippen LogP contribution < -0.4 is 5.32 Å². The number of hydrogen-bond acceptors (Lipinski definition) is 7. The van der Waals surface area contributed by atoms with Crippen LogP contribution in [0.3, 0.4) is 0 Å². The van der Waals surface area contributed by atoms with Gasteiger partial charge in [0.25, 0.3) is 11.7 Å². The van der Waals surface area contributed by atoms with Crippen LogP contribution in [-0.2, 0) is 9.47 Å². The van der Waals surface area contributed by atoms with Gasteiger partial charge >= 0.3 is 0 Å². The fourth-order valence-corrected chi connectivity index (χ4v) is 2.01. The van der Waals surface area contributed by atoms with E-state index in [0.717, 1.165) is 0 Å². The minimum Gasteiger partial charge on any atom is -0.423 e. The predicted molar refractivity (Wildman–Crippen MR) is 69.7 cm³/mol. The lowest BCUT2D eigenvalue weighted by Gasteiger charge is -2.22. The Bertz CT molecular complexity index is 621. The Kier molecular flexibility index (Phi) is 3.48. The third kappa shape index (κ3) is 2.56. The van der Waals surface area contributed by atoms with Crippen LogP contribution in [0.15, 0.2) is 22.6 Å². The van der Waals surface area contributed by atoms with Crippen LogP contribution in [0.25, 0.3) is 11.1 Å². The molecule has 8 heteroatoms. The Hall–Kier alpha value is -2.19. The highest BCUT2D eigenvalue weighted by Crippen LogP contribution is 2.27. The van der Waals surface area contributed by atoms with Gasteiger partial charge in [0.05, 0.1) is 30.8 Å². The fraction of sp³-hybridized carbons (Fsp3) is 0.417. The van der Waals surface area contributed by atoms with E-state index < -0.39 is 4.92 Å². The van der Waals surface area contributed by atoms with E-state index in [4.69, 9.17) is 13.9 Å². The number of nitro groups is 1. The number of fused-ring (bicyclic) bond motifs is 1. The van der Waals surface area contributed by atoms with Crippen molar-refractivity contribution in [2.75, 3.05) is 31.7 Å². The first-order valence-corrected chi connectivity index (χ1v) is 6.21. The van der Waals surface area contributed by atoms with E-state index in [9.17, 15) is 10.1 Å². The summed E-state index contributed by atoms with van der Waals surface area (Å²) in [5, 5.41) is 13.9. The molecule has 0 saturated carbocycles. The number of hydrogen-bond donors (Lipinski definition) is 1. The summed E-state index contributed by atoms with van der Waals surface area (Å²) in [6.45, 7) is 2.14. The molecule has 0 radical (unpaired) electrons. The summed E-state index contributed by atoms with van der Waals surface area (Å²) >= 11 is 0. The van der Waals surface area contributed by atoms with E-state index in [0.29, 0.717) is 31.9 Å². The summed E-state index contributed by atoms with van der Waals surface area (Å²) in [7, 11) is 0. The fourth-order valence-electron chi connectivity index (χ4n) is 2.01. The highest BCUT2D eigenvalue weighted by molar-refractivity contribution is 5.83. The molecule has 1 aliphatic rings. The maximum absolute atomic E-state index is 10.9. The molecule has 1 atom stereocenters. The predicted octanol–water partition coefficient (Wildman–Crippen LogP) is 1.56. The average Bonchev–Trinajstić information content (AvgIpc) is 2.88. The number of oxazole rings is 1. The number of anilines is 1. The molecule has 1 N–H and O–H groups in total. The molecule has 8 nitrogen and oxygen atoms in total. The number of non-ortho nitro benzene ring substituents is 1. The molecule has 106 valence electrons. The molecule has 3 rings (SSSR count). The molecule has 1 fully saturated rings. The molecular formula is C12H13N3O5. The number of nitrogens with zero attached hydrogens (tertiary/aromatic N) is 2. The number of benzene rings is 1. The second-order valence-electron chi connectivity index (χ2n) is 4.35. The molecule has 1 saturated heterocycles. The van der Waals surface area contributed by atoms with Crippen LogP contribution in [0.4, 0.5) is 11.7 Å². The van der Waals surface area contributed by atoms with Crippen molar-refractivity contribution < 1.29 is 18.8 Å². The molecule has 0 bridgehead atoms. The summed E-state index contributed by atoms with van der Waals surface area (Å²) in [6.07, 6.45) is -0.0752. The number of rotatable bonds is 4. The van der Waals surface area contributed by atoms with Crippen molar-refractivity contribution in [1.82, 2.24) is 4.98 Å². The second-order valence-corrected chi connectivity index (χ2v) is 4.35. The summed E-state index contributed by atoms with van der Waals surface area (Å²) in [4.78, 5) is 14.5. The number of nitrogens with one attached hydrogen (secondary N) is 1. The zero-order chi connectivity index (χ0) is 13.9. The molecular weight excluding hydrogens is 266 g/mol. The van der Waals surface area contributed by atoms with Crippen molar-refractivity contribution in [2.24, 2.45) is 0 Å². The Balaban J connectivity index is 1.75. The van der Waals surface area contributed by atoms with Crippen molar-refractivity contribution in [1.29, 1.82) is 0 Å². The van der Waals surface area contributed by atoms with Crippen LogP contribution in [0.1, 0.15) is 0 Å². The van der Waals surface area contributed by atoms with E-state index >= 15 is 0 Å². The zero-order valence-electron chi connectivity index (χ0n) is 10.6. The van der Waals surface area contributed by atoms with Gasteiger partial charge in [0.15, 0.2) is 11.1 Å². The maximum Gasteiger partial charge on any atom is 0.298 e. The molecule has 1 aliphatic heterocycles. The lowest BCUT2D eigenvalue weighted by atomic mass is 10.3. The Labute approximate surface area is 113 Å². The lowest BCUT2D eigenvalue weighted by molar-refractivity contribution is -0.383. The van der Waals surface area contributed by atoms with Gasteiger partial charge in [0, 0.05) is 12.6 Å². The minimum absolute atomic E-state index is 0.0726. The van der Waals surface area contributed by atoms with Gasteiger partial charge in [-0.15, -0.1) is 0 Å². The topological polar surface area (TPSA) is 99.7 Å². The van der Waals surface area contributed by atoms with Crippen molar-refractivity contribution in [2.45, 2.75) is 6.10 Å². The van der Waals surface area contributed by atoms with Gasteiger partial charge < -0.3 is 19.2 Å². The van der Waals surface area contributed by atoms with Gasteiger partial charge in [-0.05, 0) is 6.07 Å². The highest BCUT2D eigenvalue weighted by Gasteiger charge is 2.19. The number of aromatic nitrogens is 1. The van der Waals surface area contributed by atoms with Gasteiger partial charge in [-0.1, -0.05) is 6.07 Å². The van der Waals surface area contributed by atoms with Crippen molar-refractivity contribution >= 4 is 22.8 Å². The summed E-state index contributed by atoms with van der Waals surface area (Å²) < 4.78 is 16.2. The van der Waals surface area contributed by atoms with E-state index in [-0.39, 0.29) is 23.3 Å². The van der Waals surface area contributed by atoms with E-state index in [1.165, 1.54) is 6.07 Å². The van der Waals surface area contributed by atoms with E-state index in [1.807, 2.05) is 0 Å². The van der Waals surface area contributed by atoms with Crippen LogP contribution in [0.5, 0.6) is 0 Å². The number of nitro benzene ring substituents is 1. The van der Waals surface area contributed by atoms with E-state index in [1.54, 1.807) is 12.1 Å². The monoisotopic (exact) mass is 279 g/mol. The maximum atomic E-state index is 10.9. The van der Waals surface area contributed by atoms with E-state index in [2.05, 4.69) is 10.3 Å². The van der Waals surface area contributed by atoms with Crippen molar-refractivity contribution in [3.05, 3.63) is 28.3 Å². The first-order chi connectivity index (χ1) is 9.74. The number of para-hydroxylation sites is 1. The van der Waals surface area contributed by atoms with Crippen molar-refractivity contribution in [3.8, 4) is 0 Å². The quantitative estimate of drug-likeness (QED) is 0.669. The Morgan fingerprint density at radius 2 is 2.35 bits per heavy atom. The average molecular weight is 279 g/mol. The smallest absolute Gasteiger partial charge is 0.298 e. The minimum atomic E-state index is -0.479. The van der Waals surface area contributed by atoms with Crippen LogP contribution in [0, 0.1) is 10.1 Å². The third-order valence-corrected chi connectivity index (χ3v) is 2.96. The lowest BCUT2D eigenvalue weighted by Crippen LogP contribution is -2.34. The van der Waals surface area contributed by atoms with Gasteiger partial charge in [-0.25, -0.2) is 0 Å². The van der Waals surface area contributed by atoms with Crippen LogP contribution in [0.2, 0.25) is 0 Å². The molecule has 0 aliphatic carbocycles. The Morgan fingerprint density at radius 3 is 3.10 bits per heavy atom. The summed E-state index contributed by atoms with van der Waals surface area (Å²) in [5.74, 6) is 0. The molecule has 0 amide bonds. The van der Waals surface area contributed by atoms with Crippen LogP contribution >= 0.6 is 0 Å².